The Morgan fingerprint density at radius 3 is 2.59 bits per heavy atom. The van der Waals surface area contributed by atoms with Crippen LogP contribution in [0.4, 0.5) is 4.39 Å². The zero-order chi connectivity index (χ0) is 19.8. The molecule has 0 saturated carbocycles. The van der Waals surface area contributed by atoms with Gasteiger partial charge in [0.2, 0.25) is 0 Å². The summed E-state index contributed by atoms with van der Waals surface area (Å²) in [5.41, 5.74) is 2.26. The van der Waals surface area contributed by atoms with Gasteiger partial charge in [-0.3, -0.25) is 0 Å². The molecular formula is C21H18FNO4. The highest BCUT2D eigenvalue weighted by Crippen LogP contribution is 2.35. The molecule has 0 aliphatic rings. The highest BCUT2D eigenvalue weighted by atomic mass is 19.1. The predicted molar refractivity (Wildman–Crippen MR) is 99.9 cm³/mol. The molecule has 1 N–H and O–H groups in total. The largest absolute Gasteiger partial charge is 0.493 e. The van der Waals surface area contributed by atoms with Crippen LogP contribution in [-0.2, 0) is 11.2 Å². The Hall–Kier alpha value is -3.59. The van der Waals surface area contributed by atoms with Gasteiger partial charge in [-0.1, -0.05) is 18.2 Å². The van der Waals surface area contributed by atoms with E-state index in [2.05, 4.69) is 12.6 Å². The summed E-state index contributed by atoms with van der Waals surface area (Å²) in [5, 5.41) is 18.3. The number of halogens is 1. The molecule has 5 nitrogen and oxygen atoms in total. The van der Waals surface area contributed by atoms with Crippen LogP contribution in [0.5, 0.6) is 11.5 Å². The van der Waals surface area contributed by atoms with E-state index in [4.69, 9.17) is 14.6 Å². The molecule has 27 heavy (non-hydrogen) atoms. The van der Waals surface area contributed by atoms with Crippen molar-refractivity contribution in [1.82, 2.24) is 0 Å². The van der Waals surface area contributed by atoms with Crippen LogP contribution < -0.4 is 9.47 Å². The van der Waals surface area contributed by atoms with Gasteiger partial charge in [0.15, 0.2) is 18.1 Å². The molecule has 0 aliphatic heterocycles. The molecule has 2 aromatic rings. The second-order valence-electron chi connectivity index (χ2n) is 5.56. The lowest BCUT2D eigenvalue weighted by Gasteiger charge is -2.15. The zero-order valence-corrected chi connectivity index (χ0v) is 14.7. The summed E-state index contributed by atoms with van der Waals surface area (Å²) in [6.45, 7) is 3.19. The molecule has 0 atom stereocenters. The third-order valence-electron chi connectivity index (χ3n) is 3.66. The Morgan fingerprint density at radius 1 is 1.33 bits per heavy atom. The van der Waals surface area contributed by atoms with Crippen LogP contribution in [0.1, 0.15) is 16.7 Å². The lowest BCUT2D eigenvalue weighted by molar-refractivity contribution is -0.139. The number of ether oxygens (including phenoxy) is 2. The van der Waals surface area contributed by atoms with E-state index in [1.54, 1.807) is 24.3 Å². The van der Waals surface area contributed by atoms with Crippen molar-refractivity contribution < 1.29 is 23.8 Å². The Bertz CT molecular complexity index is 911. The monoisotopic (exact) mass is 367 g/mol. The standard InChI is InChI=1S/C21H18FNO4/c1-3-4-16-9-14(11-19(26-2)21(16)27-13-20(24)25)10-17(12-23)15-5-7-18(22)8-6-15/h3,5-11H,1,4,13H2,2H3,(H,24,25)/b17-10-. The highest BCUT2D eigenvalue weighted by molar-refractivity contribution is 5.90. The molecular weight excluding hydrogens is 349 g/mol. The van der Waals surface area contributed by atoms with Gasteiger partial charge < -0.3 is 14.6 Å². The van der Waals surface area contributed by atoms with Crippen molar-refractivity contribution in [2.24, 2.45) is 0 Å². The minimum atomic E-state index is -1.10. The van der Waals surface area contributed by atoms with E-state index in [0.29, 0.717) is 40.2 Å². The number of methoxy groups -OCH3 is 1. The molecule has 0 aromatic heterocycles. The number of hydrogen-bond donors (Lipinski definition) is 1. The summed E-state index contributed by atoms with van der Waals surface area (Å²) in [5.74, 6) is -0.824. The molecule has 0 unspecified atom stereocenters. The van der Waals surface area contributed by atoms with Crippen LogP contribution in [0.2, 0.25) is 0 Å². The molecule has 0 saturated heterocycles. The minimum absolute atomic E-state index is 0.317. The van der Waals surface area contributed by atoms with Gasteiger partial charge in [-0.15, -0.1) is 6.58 Å². The molecule has 2 rings (SSSR count). The highest BCUT2D eigenvalue weighted by Gasteiger charge is 2.14. The Morgan fingerprint density at radius 2 is 2.04 bits per heavy atom. The van der Waals surface area contributed by atoms with E-state index in [1.165, 1.54) is 31.4 Å². The zero-order valence-electron chi connectivity index (χ0n) is 14.7. The number of aliphatic carboxylic acids is 1. The van der Waals surface area contributed by atoms with E-state index in [1.807, 2.05) is 0 Å². The van der Waals surface area contributed by atoms with E-state index >= 15 is 0 Å². The number of nitriles is 1. The Kier molecular flexibility index (Phi) is 6.73. The maximum atomic E-state index is 13.1. The first kappa shape index (κ1) is 19.7. The summed E-state index contributed by atoms with van der Waals surface area (Å²) < 4.78 is 23.8. The van der Waals surface area contributed by atoms with E-state index in [0.717, 1.165) is 0 Å². The van der Waals surface area contributed by atoms with Crippen LogP contribution in [-0.4, -0.2) is 24.8 Å². The van der Waals surface area contributed by atoms with Crippen molar-refractivity contribution in [3.8, 4) is 17.6 Å². The molecule has 2 aromatic carbocycles. The predicted octanol–water partition coefficient (Wildman–Crippen LogP) is 4.09. The minimum Gasteiger partial charge on any atom is -0.493 e. The SMILES string of the molecule is C=CCc1cc(/C=C(/C#N)c2ccc(F)cc2)cc(OC)c1OCC(=O)O. The van der Waals surface area contributed by atoms with Gasteiger partial charge in [0.05, 0.1) is 18.8 Å². The lowest BCUT2D eigenvalue weighted by Crippen LogP contribution is -2.11. The second kappa shape index (κ2) is 9.20. The van der Waals surface area contributed by atoms with E-state index < -0.39 is 12.6 Å². The number of hydrogen-bond acceptors (Lipinski definition) is 4. The first-order valence-electron chi connectivity index (χ1n) is 8.02. The van der Waals surface area contributed by atoms with Gasteiger partial charge in [0.25, 0.3) is 0 Å². The van der Waals surface area contributed by atoms with Crippen molar-refractivity contribution in [2.45, 2.75) is 6.42 Å². The summed E-state index contributed by atoms with van der Waals surface area (Å²) in [6, 6.07) is 11.1. The molecule has 0 bridgehead atoms. The molecule has 0 amide bonds. The number of rotatable bonds is 8. The van der Waals surface area contributed by atoms with Crippen molar-refractivity contribution in [3.05, 3.63) is 71.6 Å². The van der Waals surface area contributed by atoms with Gasteiger partial charge in [-0.25, -0.2) is 9.18 Å². The molecule has 0 fully saturated rings. The van der Waals surface area contributed by atoms with Crippen LogP contribution >= 0.6 is 0 Å². The fourth-order valence-electron chi connectivity index (χ4n) is 2.50. The molecule has 0 radical (unpaired) electrons. The fraction of sp³-hybridized carbons (Fsp3) is 0.143. The summed E-state index contributed by atoms with van der Waals surface area (Å²) in [6.07, 6.45) is 3.72. The third kappa shape index (κ3) is 5.19. The topological polar surface area (TPSA) is 79.5 Å². The third-order valence-corrected chi connectivity index (χ3v) is 3.66. The number of allylic oxidation sites excluding steroid dienone is 2. The normalized spacial score (nSPS) is 10.8. The van der Waals surface area contributed by atoms with Crippen molar-refractivity contribution >= 4 is 17.6 Å². The summed E-state index contributed by atoms with van der Waals surface area (Å²) in [7, 11) is 1.44. The molecule has 0 spiro atoms. The maximum Gasteiger partial charge on any atom is 0.341 e. The molecule has 0 aliphatic carbocycles. The number of carbonyl (C=O) groups is 1. The van der Waals surface area contributed by atoms with Crippen LogP contribution in [0.15, 0.2) is 49.1 Å². The summed E-state index contributed by atoms with van der Waals surface area (Å²) in [4.78, 5) is 10.8. The van der Waals surface area contributed by atoms with Crippen LogP contribution in [0.25, 0.3) is 11.6 Å². The summed E-state index contributed by atoms with van der Waals surface area (Å²) >= 11 is 0. The smallest absolute Gasteiger partial charge is 0.341 e. The average Bonchev–Trinajstić information content (AvgIpc) is 2.65. The Labute approximate surface area is 156 Å². The number of carboxylic acid groups (broad SMARTS) is 1. The van der Waals surface area contributed by atoms with Gasteiger partial charge >= 0.3 is 5.97 Å². The second-order valence-corrected chi connectivity index (χ2v) is 5.56. The quantitative estimate of drug-likeness (QED) is 0.432. The molecule has 138 valence electrons. The molecule has 0 heterocycles. The number of carboxylic acids is 1. The Balaban J connectivity index is 2.51. The first-order chi connectivity index (χ1) is 13.0. The van der Waals surface area contributed by atoms with Gasteiger partial charge in [-0.05, 0) is 47.9 Å². The van der Waals surface area contributed by atoms with Gasteiger partial charge in [-0.2, -0.15) is 5.26 Å². The van der Waals surface area contributed by atoms with Crippen molar-refractivity contribution in [1.29, 1.82) is 5.26 Å². The maximum absolute atomic E-state index is 13.1. The van der Waals surface area contributed by atoms with Crippen molar-refractivity contribution in [2.75, 3.05) is 13.7 Å². The number of nitrogens with zero attached hydrogens (tertiary/aromatic N) is 1. The van der Waals surface area contributed by atoms with Crippen molar-refractivity contribution in [3.63, 3.8) is 0 Å². The molecule has 6 heteroatoms. The van der Waals surface area contributed by atoms with Gasteiger partial charge in [0.1, 0.15) is 5.82 Å². The lowest BCUT2D eigenvalue weighted by atomic mass is 10.0. The van der Waals surface area contributed by atoms with Gasteiger partial charge in [0, 0.05) is 5.56 Å². The first-order valence-corrected chi connectivity index (χ1v) is 8.02. The van der Waals surface area contributed by atoms with E-state index in [9.17, 15) is 14.4 Å². The fourth-order valence-corrected chi connectivity index (χ4v) is 2.50. The number of benzene rings is 2. The van der Waals surface area contributed by atoms with Crippen LogP contribution in [0, 0.1) is 17.1 Å². The van der Waals surface area contributed by atoms with E-state index in [-0.39, 0.29) is 5.82 Å². The van der Waals surface area contributed by atoms with Crippen LogP contribution in [0.3, 0.4) is 0 Å². The average molecular weight is 367 g/mol.